The molecule has 0 saturated carbocycles. The Bertz CT molecular complexity index is 921. The standard InChI is InChI=1S/C23H29FN4O4/c1-15(27-16(2)29)17-3-5-18(6-4-17)31-20-7-10-28(13-20)22-21(24)23(26-14-25-22)32-19-8-11-30-12-9-19/h3-6,14-15,19-20H,7-13H2,1-2H3,(H,27,29)/t15-,20+/m0/s1. The lowest BCUT2D eigenvalue weighted by Crippen LogP contribution is -2.28. The van der Waals surface area contributed by atoms with Crippen LogP contribution in [0.2, 0.25) is 0 Å². The van der Waals surface area contributed by atoms with Crippen molar-refractivity contribution in [1.82, 2.24) is 15.3 Å². The summed E-state index contributed by atoms with van der Waals surface area (Å²) in [6.45, 7) is 5.81. The molecule has 2 atom stereocenters. The molecule has 2 aromatic rings. The maximum atomic E-state index is 15.1. The summed E-state index contributed by atoms with van der Waals surface area (Å²) < 4.78 is 32.2. The Morgan fingerprint density at radius 3 is 2.62 bits per heavy atom. The van der Waals surface area contributed by atoms with E-state index in [0.29, 0.717) is 26.3 Å². The normalized spacial score (nSPS) is 20.1. The fourth-order valence-corrected chi connectivity index (χ4v) is 4.03. The smallest absolute Gasteiger partial charge is 0.256 e. The highest BCUT2D eigenvalue weighted by Crippen LogP contribution is 2.29. The second kappa shape index (κ2) is 10.1. The Balaban J connectivity index is 1.35. The van der Waals surface area contributed by atoms with E-state index < -0.39 is 5.82 Å². The largest absolute Gasteiger partial charge is 0.489 e. The lowest BCUT2D eigenvalue weighted by atomic mass is 10.1. The Hall–Kier alpha value is -2.94. The minimum atomic E-state index is -0.532. The fraction of sp³-hybridized carbons (Fsp3) is 0.522. The van der Waals surface area contributed by atoms with E-state index in [1.54, 1.807) is 0 Å². The van der Waals surface area contributed by atoms with Gasteiger partial charge >= 0.3 is 0 Å². The quantitative estimate of drug-likeness (QED) is 0.703. The van der Waals surface area contributed by atoms with Crippen molar-refractivity contribution in [2.24, 2.45) is 0 Å². The van der Waals surface area contributed by atoms with Gasteiger partial charge in [0.2, 0.25) is 11.7 Å². The predicted molar refractivity (Wildman–Crippen MR) is 116 cm³/mol. The van der Waals surface area contributed by atoms with Gasteiger partial charge in [-0.25, -0.2) is 4.98 Å². The van der Waals surface area contributed by atoms with Crippen molar-refractivity contribution in [3.63, 3.8) is 0 Å². The number of rotatable bonds is 7. The number of amides is 1. The van der Waals surface area contributed by atoms with Crippen LogP contribution in [0.15, 0.2) is 30.6 Å². The molecule has 32 heavy (non-hydrogen) atoms. The van der Waals surface area contributed by atoms with Gasteiger partial charge in [0.05, 0.1) is 25.8 Å². The number of benzene rings is 1. The summed E-state index contributed by atoms with van der Waals surface area (Å²) in [6.07, 6.45) is 3.37. The van der Waals surface area contributed by atoms with Crippen molar-refractivity contribution in [3.05, 3.63) is 42.0 Å². The number of carbonyl (C=O) groups excluding carboxylic acids is 1. The van der Waals surface area contributed by atoms with Crippen LogP contribution in [0.25, 0.3) is 0 Å². The number of carbonyl (C=O) groups is 1. The van der Waals surface area contributed by atoms with E-state index in [9.17, 15) is 4.79 Å². The summed E-state index contributed by atoms with van der Waals surface area (Å²) in [5.41, 5.74) is 1.00. The number of nitrogens with one attached hydrogen (secondary N) is 1. The molecule has 0 radical (unpaired) electrons. The summed E-state index contributed by atoms with van der Waals surface area (Å²) in [5, 5.41) is 2.86. The first-order chi connectivity index (χ1) is 15.5. The fourth-order valence-electron chi connectivity index (χ4n) is 4.03. The van der Waals surface area contributed by atoms with Crippen LogP contribution < -0.4 is 19.7 Å². The van der Waals surface area contributed by atoms with Crippen LogP contribution in [0, 0.1) is 5.82 Å². The van der Waals surface area contributed by atoms with E-state index >= 15 is 4.39 Å². The SMILES string of the molecule is CC(=O)N[C@@H](C)c1ccc(O[C@@H]2CCN(c3ncnc(OC4CCOCC4)c3F)C2)cc1. The Labute approximate surface area is 187 Å². The van der Waals surface area contributed by atoms with Gasteiger partial charge in [0.25, 0.3) is 5.88 Å². The predicted octanol–water partition coefficient (Wildman–Crippen LogP) is 3.03. The number of nitrogens with zero attached hydrogens (tertiary/aromatic N) is 3. The lowest BCUT2D eigenvalue weighted by Gasteiger charge is -2.24. The van der Waals surface area contributed by atoms with Gasteiger partial charge in [-0.3, -0.25) is 4.79 Å². The summed E-state index contributed by atoms with van der Waals surface area (Å²) in [5.74, 6) is 0.378. The molecule has 1 aromatic heterocycles. The van der Waals surface area contributed by atoms with Crippen LogP contribution in [0.5, 0.6) is 11.6 Å². The molecule has 3 heterocycles. The van der Waals surface area contributed by atoms with E-state index in [2.05, 4.69) is 15.3 Å². The maximum absolute atomic E-state index is 15.1. The monoisotopic (exact) mass is 444 g/mol. The van der Waals surface area contributed by atoms with Crippen LogP contribution in [0.1, 0.15) is 44.7 Å². The van der Waals surface area contributed by atoms with E-state index in [1.807, 2.05) is 36.1 Å². The van der Waals surface area contributed by atoms with Crippen molar-refractivity contribution in [1.29, 1.82) is 0 Å². The van der Waals surface area contributed by atoms with Crippen molar-refractivity contribution in [2.75, 3.05) is 31.2 Å². The summed E-state index contributed by atoms with van der Waals surface area (Å²) in [6, 6.07) is 7.59. The number of aromatic nitrogens is 2. The molecule has 2 fully saturated rings. The summed E-state index contributed by atoms with van der Waals surface area (Å²) in [4.78, 5) is 21.2. The number of hydrogen-bond donors (Lipinski definition) is 1. The summed E-state index contributed by atoms with van der Waals surface area (Å²) in [7, 11) is 0. The van der Waals surface area contributed by atoms with Crippen LogP contribution in [-0.4, -0.2) is 54.4 Å². The Morgan fingerprint density at radius 1 is 1.16 bits per heavy atom. The molecule has 8 nitrogen and oxygen atoms in total. The van der Waals surface area contributed by atoms with Gasteiger partial charge in [-0.1, -0.05) is 12.1 Å². The highest BCUT2D eigenvalue weighted by molar-refractivity contribution is 5.73. The molecule has 2 saturated heterocycles. The molecule has 1 N–H and O–H groups in total. The molecule has 2 aliphatic heterocycles. The zero-order valence-corrected chi connectivity index (χ0v) is 18.4. The molecular formula is C23H29FN4O4. The van der Waals surface area contributed by atoms with Crippen molar-refractivity contribution < 1.29 is 23.4 Å². The molecule has 0 spiro atoms. The number of ether oxygens (including phenoxy) is 3. The summed E-state index contributed by atoms with van der Waals surface area (Å²) >= 11 is 0. The molecular weight excluding hydrogens is 415 g/mol. The van der Waals surface area contributed by atoms with Crippen molar-refractivity contribution in [2.45, 2.75) is 51.4 Å². The molecule has 172 valence electrons. The third-order valence-electron chi connectivity index (χ3n) is 5.73. The Kier molecular flexibility index (Phi) is 7.04. The highest BCUT2D eigenvalue weighted by atomic mass is 19.1. The minimum Gasteiger partial charge on any atom is -0.489 e. The first kappa shape index (κ1) is 22.3. The minimum absolute atomic E-state index is 0.00449. The molecule has 0 unspecified atom stereocenters. The van der Waals surface area contributed by atoms with Gasteiger partial charge in [0.1, 0.15) is 24.3 Å². The van der Waals surface area contributed by atoms with Gasteiger partial charge in [-0.05, 0) is 24.6 Å². The van der Waals surface area contributed by atoms with Crippen molar-refractivity contribution in [3.8, 4) is 11.6 Å². The molecule has 9 heteroatoms. The van der Waals surface area contributed by atoms with E-state index in [-0.39, 0.29) is 35.9 Å². The van der Waals surface area contributed by atoms with Crippen LogP contribution in [0.4, 0.5) is 10.2 Å². The number of halogens is 1. The second-order valence-corrected chi connectivity index (χ2v) is 8.21. The molecule has 0 bridgehead atoms. The zero-order chi connectivity index (χ0) is 22.5. The topological polar surface area (TPSA) is 85.8 Å². The molecule has 1 aromatic carbocycles. The molecule has 2 aliphatic rings. The van der Waals surface area contributed by atoms with Gasteiger partial charge < -0.3 is 24.4 Å². The van der Waals surface area contributed by atoms with Crippen LogP contribution in [0.3, 0.4) is 0 Å². The molecule has 0 aliphatic carbocycles. The van der Waals surface area contributed by atoms with E-state index in [1.165, 1.54) is 13.3 Å². The average molecular weight is 445 g/mol. The van der Waals surface area contributed by atoms with E-state index in [4.69, 9.17) is 14.2 Å². The highest BCUT2D eigenvalue weighted by Gasteiger charge is 2.29. The van der Waals surface area contributed by atoms with Gasteiger partial charge in [0.15, 0.2) is 5.82 Å². The molecule has 4 rings (SSSR count). The third kappa shape index (κ3) is 5.45. The number of hydrogen-bond acceptors (Lipinski definition) is 7. The Morgan fingerprint density at radius 2 is 1.91 bits per heavy atom. The average Bonchev–Trinajstić information content (AvgIpc) is 3.24. The van der Waals surface area contributed by atoms with Gasteiger partial charge in [-0.15, -0.1) is 0 Å². The lowest BCUT2D eigenvalue weighted by molar-refractivity contribution is -0.119. The number of anilines is 1. The first-order valence-electron chi connectivity index (χ1n) is 11.0. The second-order valence-electron chi connectivity index (χ2n) is 8.21. The molecule has 1 amide bonds. The van der Waals surface area contributed by atoms with Crippen LogP contribution in [-0.2, 0) is 9.53 Å². The van der Waals surface area contributed by atoms with Gasteiger partial charge in [0, 0.05) is 32.7 Å². The van der Waals surface area contributed by atoms with Crippen molar-refractivity contribution >= 4 is 11.7 Å². The third-order valence-corrected chi connectivity index (χ3v) is 5.73. The maximum Gasteiger partial charge on any atom is 0.256 e. The van der Waals surface area contributed by atoms with E-state index in [0.717, 1.165) is 30.6 Å². The first-order valence-corrected chi connectivity index (χ1v) is 11.0. The van der Waals surface area contributed by atoms with Gasteiger partial charge in [-0.2, -0.15) is 9.37 Å². The van der Waals surface area contributed by atoms with Crippen LogP contribution >= 0.6 is 0 Å². The zero-order valence-electron chi connectivity index (χ0n) is 18.4.